The third-order valence-corrected chi connectivity index (χ3v) is 4.01. The van der Waals surface area contributed by atoms with Crippen LogP contribution in [0.25, 0.3) is 0 Å². The van der Waals surface area contributed by atoms with Gasteiger partial charge in [0.05, 0.1) is 20.6 Å². The SMILES string of the molecule is CCCCCCCCCC[N+](C)(C)C(=O)Oc1ccccc1. The molecule has 3 nitrogen and oxygen atoms in total. The monoisotopic (exact) mass is 306 g/mol. The number of hydrogen-bond acceptors (Lipinski definition) is 2. The molecule has 0 aliphatic rings. The highest BCUT2D eigenvalue weighted by molar-refractivity contribution is 5.63. The van der Waals surface area contributed by atoms with Crippen molar-refractivity contribution >= 4 is 6.09 Å². The fourth-order valence-electron chi connectivity index (χ4n) is 2.45. The number of carbonyl (C=O) groups excluding carboxylic acids is 1. The fourth-order valence-corrected chi connectivity index (χ4v) is 2.45. The minimum absolute atomic E-state index is 0.186. The lowest BCUT2D eigenvalue weighted by molar-refractivity contribution is -0.815. The van der Waals surface area contributed by atoms with Gasteiger partial charge in [-0.25, -0.2) is 4.48 Å². The summed E-state index contributed by atoms with van der Waals surface area (Å²) < 4.78 is 5.72. The zero-order chi connectivity index (χ0) is 16.3. The third-order valence-electron chi connectivity index (χ3n) is 4.01. The fraction of sp³-hybridized carbons (Fsp3) is 0.632. The standard InChI is InChI=1S/C19H32NO2/c1-4-5-6-7-8-9-10-14-17-20(2,3)19(21)22-18-15-12-11-13-16-18/h11-13,15-16H,4-10,14,17H2,1-3H3/q+1. The number of quaternary nitrogens is 1. The van der Waals surface area contributed by atoms with Gasteiger partial charge < -0.3 is 4.74 Å². The number of nitrogens with zero attached hydrogens (tertiary/aromatic N) is 1. The average molecular weight is 306 g/mol. The van der Waals surface area contributed by atoms with E-state index in [2.05, 4.69) is 6.92 Å². The van der Waals surface area contributed by atoms with E-state index in [0.29, 0.717) is 5.75 Å². The summed E-state index contributed by atoms with van der Waals surface area (Å²) in [4.78, 5) is 12.2. The predicted octanol–water partition coefficient (Wildman–Crippen LogP) is 5.40. The van der Waals surface area contributed by atoms with Crippen LogP contribution in [0, 0.1) is 0 Å². The molecular formula is C19H32NO2+. The van der Waals surface area contributed by atoms with Crippen LogP contribution >= 0.6 is 0 Å². The maximum Gasteiger partial charge on any atom is 0.521 e. The maximum absolute atomic E-state index is 12.2. The third kappa shape index (κ3) is 7.60. The Labute approximate surface area is 135 Å². The lowest BCUT2D eigenvalue weighted by Crippen LogP contribution is -2.47. The molecule has 1 amide bonds. The van der Waals surface area contributed by atoms with Crippen LogP contribution in [0.15, 0.2) is 30.3 Å². The van der Waals surface area contributed by atoms with E-state index in [1.165, 1.54) is 44.9 Å². The Morgan fingerprint density at radius 2 is 1.45 bits per heavy atom. The molecule has 0 aliphatic carbocycles. The first-order valence-electron chi connectivity index (χ1n) is 8.66. The molecule has 0 saturated carbocycles. The zero-order valence-electron chi connectivity index (χ0n) is 14.5. The van der Waals surface area contributed by atoms with Crippen molar-refractivity contribution in [1.82, 2.24) is 0 Å². The van der Waals surface area contributed by atoms with Crippen molar-refractivity contribution in [2.75, 3.05) is 20.6 Å². The molecule has 0 aromatic heterocycles. The van der Waals surface area contributed by atoms with Gasteiger partial charge in [0.15, 0.2) is 0 Å². The van der Waals surface area contributed by atoms with Gasteiger partial charge in [-0.1, -0.05) is 63.6 Å². The Morgan fingerprint density at radius 1 is 0.909 bits per heavy atom. The quantitative estimate of drug-likeness (QED) is 0.427. The highest BCUT2D eigenvalue weighted by Gasteiger charge is 2.28. The largest absolute Gasteiger partial charge is 0.521 e. The van der Waals surface area contributed by atoms with Crippen molar-refractivity contribution in [3.63, 3.8) is 0 Å². The molecule has 0 N–H and O–H groups in total. The molecule has 0 aliphatic heterocycles. The molecule has 0 heterocycles. The van der Waals surface area contributed by atoms with E-state index in [1.807, 2.05) is 44.4 Å². The number of para-hydroxylation sites is 1. The minimum atomic E-state index is -0.186. The second kappa shape index (κ2) is 10.4. The van der Waals surface area contributed by atoms with Crippen LogP contribution in [-0.4, -0.2) is 31.2 Å². The number of amides is 1. The van der Waals surface area contributed by atoms with Crippen molar-refractivity contribution in [3.8, 4) is 5.75 Å². The summed E-state index contributed by atoms with van der Waals surface area (Å²) >= 11 is 0. The van der Waals surface area contributed by atoms with Crippen molar-refractivity contribution < 1.29 is 14.0 Å². The van der Waals surface area contributed by atoms with E-state index in [0.717, 1.165) is 13.0 Å². The van der Waals surface area contributed by atoms with E-state index in [4.69, 9.17) is 4.74 Å². The van der Waals surface area contributed by atoms with Crippen molar-refractivity contribution in [2.24, 2.45) is 0 Å². The van der Waals surface area contributed by atoms with Crippen LogP contribution in [0.1, 0.15) is 58.3 Å². The second-order valence-corrected chi connectivity index (χ2v) is 6.56. The van der Waals surface area contributed by atoms with E-state index in [1.54, 1.807) is 0 Å². The predicted molar refractivity (Wildman–Crippen MR) is 92.1 cm³/mol. The molecule has 1 aromatic rings. The van der Waals surface area contributed by atoms with Crippen LogP contribution in [0.5, 0.6) is 5.75 Å². The molecule has 3 heteroatoms. The summed E-state index contributed by atoms with van der Waals surface area (Å²) in [5.41, 5.74) is 0. The van der Waals surface area contributed by atoms with Gasteiger partial charge >= 0.3 is 6.09 Å². The molecule has 0 atom stereocenters. The average Bonchev–Trinajstić information content (AvgIpc) is 2.51. The van der Waals surface area contributed by atoms with Crippen LogP contribution in [0.3, 0.4) is 0 Å². The van der Waals surface area contributed by atoms with Crippen molar-refractivity contribution in [1.29, 1.82) is 0 Å². The summed E-state index contributed by atoms with van der Waals surface area (Å²) in [5, 5.41) is 0. The first kappa shape index (κ1) is 18.7. The topological polar surface area (TPSA) is 26.3 Å². The molecular weight excluding hydrogens is 274 g/mol. The van der Waals surface area contributed by atoms with Crippen LogP contribution < -0.4 is 4.74 Å². The number of hydrogen-bond donors (Lipinski definition) is 0. The molecule has 0 saturated heterocycles. The van der Waals surface area contributed by atoms with Crippen molar-refractivity contribution in [2.45, 2.75) is 58.3 Å². The van der Waals surface area contributed by atoms with Gasteiger partial charge in [-0.05, 0) is 25.0 Å². The normalized spacial score (nSPS) is 11.4. The minimum Gasteiger partial charge on any atom is -0.381 e. The number of rotatable bonds is 10. The molecule has 0 fully saturated rings. The summed E-state index contributed by atoms with van der Waals surface area (Å²) in [6.07, 6.45) is 10.1. The number of unbranched alkanes of at least 4 members (excludes halogenated alkanes) is 7. The van der Waals surface area contributed by atoms with Gasteiger partial charge in [0.1, 0.15) is 5.75 Å². The van der Waals surface area contributed by atoms with Gasteiger partial charge in [-0.2, -0.15) is 4.79 Å². The molecule has 1 rings (SSSR count). The van der Waals surface area contributed by atoms with Gasteiger partial charge in [-0.3, -0.25) is 0 Å². The maximum atomic E-state index is 12.2. The number of carbonyl (C=O) groups is 1. The summed E-state index contributed by atoms with van der Waals surface area (Å²) in [5.74, 6) is 0.620. The summed E-state index contributed by atoms with van der Waals surface area (Å²) in [6.45, 7) is 3.08. The number of ether oxygens (including phenoxy) is 1. The van der Waals surface area contributed by atoms with E-state index in [9.17, 15) is 4.79 Å². The Bertz CT molecular complexity index is 415. The first-order chi connectivity index (χ1) is 10.6. The van der Waals surface area contributed by atoms with Gasteiger partial charge in [-0.15, -0.1) is 0 Å². The Hall–Kier alpha value is -1.35. The van der Waals surface area contributed by atoms with E-state index in [-0.39, 0.29) is 10.6 Å². The summed E-state index contributed by atoms with van der Waals surface area (Å²) in [7, 11) is 3.85. The first-order valence-corrected chi connectivity index (χ1v) is 8.66. The van der Waals surface area contributed by atoms with E-state index < -0.39 is 0 Å². The molecule has 0 spiro atoms. The zero-order valence-corrected chi connectivity index (χ0v) is 14.5. The molecule has 22 heavy (non-hydrogen) atoms. The lowest BCUT2D eigenvalue weighted by atomic mass is 10.1. The highest BCUT2D eigenvalue weighted by atomic mass is 16.6. The number of benzene rings is 1. The molecule has 0 radical (unpaired) electrons. The van der Waals surface area contributed by atoms with Crippen LogP contribution in [0.2, 0.25) is 0 Å². The van der Waals surface area contributed by atoms with Crippen LogP contribution in [-0.2, 0) is 0 Å². The van der Waals surface area contributed by atoms with Crippen LogP contribution in [0.4, 0.5) is 4.79 Å². The smallest absolute Gasteiger partial charge is 0.381 e. The molecule has 1 aromatic carbocycles. The Balaban J connectivity index is 2.18. The second-order valence-electron chi connectivity index (χ2n) is 6.56. The molecule has 0 bridgehead atoms. The van der Waals surface area contributed by atoms with Gasteiger partial charge in [0.2, 0.25) is 0 Å². The summed E-state index contributed by atoms with van der Waals surface area (Å²) in [6, 6.07) is 9.29. The Morgan fingerprint density at radius 3 is 2.05 bits per heavy atom. The molecule has 124 valence electrons. The molecule has 0 unspecified atom stereocenters. The lowest BCUT2D eigenvalue weighted by Gasteiger charge is -2.25. The van der Waals surface area contributed by atoms with E-state index >= 15 is 0 Å². The highest BCUT2D eigenvalue weighted by Crippen LogP contribution is 2.14. The van der Waals surface area contributed by atoms with Gasteiger partial charge in [0, 0.05) is 0 Å². The Kier molecular flexibility index (Phi) is 8.83. The van der Waals surface area contributed by atoms with Gasteiger partial charge in [0.25, 0.3) is 0 Å². The van der Waals surface area contributed by atoms with Crippen molar-refractivity contribution in [3.05, 3.63) is 30.3 Å².